The zero-order valence-corrected chi connectivity index (χ0v) is 12.7. The minimum Gasteiger partial charge on any atom is -0.312 e. The van der Waals surface area contributed by atoms with Gasteiger partial charge in [0.2, 0.25) is 0 Å². The summed E-state index contributed by atoms with van der Waals surface area (Å²) in [6.07, 6.45) is 0.766. The van der Waals surface area contributed by atoms with E-state index in [1.165, 1.54) is 6.07 Å². The molecule has 0 atom stereocenters. The SMILES string of the molecule is N#Cc1cc(CNCCc2ccc(Cl)cc2Cl)ccc1F. The first kappa shape index (κ1) is 15.8. The van der Waals surface area contributed by atoms with Gasteiger partial charge in [0.15, 0.2) is 0 Å². The van der Waals surface area contributed by atoms with Gasteiger partial charge in [-0.25, -0.2) is 4.39 Å². The van der Waals surface area contributed by atoms with E-state index in [1.54, 1.807) is 18.2 Å². The Labute approximate surface area is 133 Å². The van der Waals surface area contributed by atoms with E-state index in [0.717, 1.165) is 24.1 Å². The molecule has 0 saturated carbocycles. The molecule has 5 heteroatoms. The number of nitriles is 1. The molecule has 2 rings (SSSR count). The Morgan fingerprint density at radius 2 is 1.95 bits per heavy atom. The number of rotatable bonds is 5. The largest absolute Gasteiger partial charge is 0.312 e. The second kappa shape index (κ2) is 7.42. The molecular weight excluding hydrogens is 310 g/mol. The van der Waals surface area contributed by atoms with Crippen LogP contribution in [0.25, 0.3) is 0 Å². The van der Waals surface area contributed by atoms with Gasteiger partial charge < -0.3 is 5.32 Å². The average Bonchev–Trinajstić information content (AvgIpc) is 2.47. The average molecular weight is 323 g/mol. The molecule has 0 bridgehead atoms. The van der Waals surface area contributed by atoms with E-state index in [2.05, 4.69) is 5.32 Å². The van der Waals surface area contributed by atoms with Crippen LogP contribution in [0.5, 0.6) is 0 Å². The third kappa shape index (κ3) is 4.44. The summed E-state index contributed by atoms with van der Waals surface area (Å²) in [5, 5.41) is 13.3. The summed E-state index contributed by atoms with van der Waals surface area (Å²) in [7, 11) is 0. The molecule has 0 aliphatic heterocycles. The monoisotopic (exact) mass is 322 g/mol. The Morgan fingerprint density at radius 3 is 2.67 bits per heavy atom. The van der Waals surface area contributed by atoms with Gasteiger partial charge in [-0.15, -0.1) is 0 Å². The van der Waals surface area contributed by atoms with Crippen molar-refractivity contribution in [1.82, 2.24) is 5.32 Å². The van der Waals surface area contributed by atoms with Crippen molar-refractivity contribution in [2.24, 2.45) is 0 Å². The van der Waals surface area contributed by atoms with Crippen LogP contribution in [0.1, 0.15) is 16.7 Å². The molecule has 0 heterocycles. The molecule has 2 aromatic rings. The molecule has 0 radical (unpaired) electrons. The van der Waals surface area contributed by atoms with Crippen LogP contribution >= 0.6 is 23.2 Å². The van der Waals surface area contributed by atoms with Crippen LogP contribution in [0.4, 0.5) is 4.39 Å². The lowest BCUT2D eigenvalue weighted by molar-refractivity contribution is 0.621. The first-order valence-corrected chi connectivity index (χ1v) is 7.19. The number of nitrogens with zero attached hydrogens (tertiary/aromatic N) is 1. The minimum absolute atomic E-state index is 0.0649. The van der Waals surface area contributed by atoms with Crippen LogP contribution in [0, 0.1) is 17.1 Å². The lowest BCUT2D eigenvalue weighted by Gasteiger charge is -2.07. The Bertz CT molecular complexity index is 680. The van der Waals surface area contributed by atoms with E-state index >= 15 is 0 Å². The van der Waals surface area contributed by atoms with Crippen molar-refractivity contribution in [2.45, 2.75) is 13.0 Å². The molecule has 0 aliphatic carbocycles. The molecule has 21 heavy (non-hydrogen) atoms. The standard InChI is InChI=1S/C16H13Cl2FN2/c17-14-3-2-12(15(18)8-14)5-6-21-10-11-1-4-16(19)13(7-11)9-20/h1-4,7-8,21H,5-6,10H2. The molecule has 0 aliphatic rings. The van der Waals surface area contributed by atoms with Gasteiger partial charge in [-0.2, -0.15) is 5.26 Å². The Hall–Kier alpha value is -1.60. The van der Waals surface area contributed by atoms with Crippen molar-refractivity contribution < 1.29 is 4.39 Å². The second-order valence-electron chi connectivity index (χ2n) is 4.59. The molecule has 2 aromatic carbocycles. The van der Waals surface area contributed by atoms with Crippen LogP contribution in [0.3, 0.4) is 0 Å². The molecular formula is C16H13Cl2FN2. The number of hydrogen-bond donors (Lipinski definition) is 1. The normalized spacial score (nSPS) is 10.4. The maximum absolute atomic E-state index is 13.2. The van der Waals surface area contributed by atoms with E-state index in [0.29, 0.717) is 16.6 Å². The predicted octanol–water partition coefficient (Wildman–Crippen LogP) is 4.34. The first-order chi connectivity index (χ1) is 10.1. The number of benzene rings is 2. The molecule has 0 spiro atoms. The number of hydrogen-bond acceptors (Lipinski definition) is 2. The third-order valence-electron chi connectivity index (χ3n) is 3.07. The first-order valence-electron chi connectivity index (χ1n) is 6.43. The van der Waals surface area contributed by atoms with Crippen molar-refractivity contribution in [3.63, 3.8) is 0 Å². The summed E-state index contributed by atoms with van der Waals surface area (Å²) in [4.78, 5) is 0. The quantitative estimate of drug-likeness (QED) is 0.831. The van der Waals surface area contributed by atoms with E-state index in [4.69, 9.17) is 28.5 Å². The number of halogens is 3. The van der Waals surface area contributed by atoms with Gasteiger partial charge in [0.05, 0.1) is 5.56 Å². The fourth-order valence-electron chi connectivity index (χ4n) is 1.95. The summed E-state index contributed by atoms with van der Waals surface area (Å²) in [6.45, 7) is 1.29. The fraction of sp³-hybridized carbons (Fsp3) is 0.188. The van der Waals surface area contributed by atoms with E-state index in [-0.39, 0.29) is 5.56 Å². The summed E-state index contributed by atoms with van der Waals surface area (Å²) in [6, 6.07) is 11.8. The van der Waals surface area contributed by atoms with E-state index in [9.17, 15) is 4.39 Å². The molecule has 2 nitrogen and oxygen atoms in total. The van der Waals surface area contributed by atoms with Gasteiger partial charge in [-0.1, -0.05) is 35.3 Å². The Balaban J connectivity index is 1.86. The van der Waals surface area contributed by atoms with Crippen molar-refractivity contribution in [2.75, 3.05) is 6.54 Å². The molecule has 1 N–H and O–H groups in total. The number of nitrogens with one attached hydrogen (secondary N) is 1. The Morgan fingerprint density at radius 1 is 1.14 bits per heavy atom. The van der Waals surface area contributed by atoms with Crippen LogP contribution < -0.4 is 5.32 Å². The Kier molecular flexibility index (Phi) is 5.58. The van der Waals surface area contributed by atoms with E-state index in [1.807, 2.05) is 18.2 Å². The molecule has 108 valence electrons. The smallest absolute Gasteiger partial charge is 0.140 e. The van der Waals surface area contributed by atoms with Crippen molar-refractivity contribution in [3.05, 3.63) is 69.0 Å². The van der Waals surface area contributed by atoms with E-state index < -0.39 is 5.82 Å². The third-order valence-corrected chi connectivity index (χ3v) is 3.65. The maximum Gasteiger partial charge on any atom is 0.140 e. The molecule has 0 saturated heterocycles. The zero-order valence-electron chi connectivity index (χ0n) is 11.2. The highest BCUT2D eigenvalue weighted by Gasteiger charge is 2.03. The van der Waals surface area contributed by atoms with Gasteiger partial charge in [0, 0.05) is 16.6 Å². The van der Waals surface area contributed by atoms with Gasteiger partial charge in [0.1, 0.15) is 11.9 Å². The van der Waals surface area contributed by atoms with Crippen molar-refractivity contribution in [1.29, 1.82) is 5.26 Å². The lowest BCUT2D eigenvalue weighted by atomic mass is 10.1. The van der Waals surface area contributed by atoms with Gasteiger partial charge in [-0.3, -0.25) is 0 Å². The summed E-state index contributed by atoms with van der Waals surface area (Å²) in [5.41, 5.74) is 1.95. The minimum atomic E-state index is -0.491. The molecule has 0 amide bonds. The highest BCUT2D eigenvalue weighted by molar-refractivity contribution is 6.35. The maximum atomic E-state index is 13.2. The van der Waals surface area contributed by atoms with Crippen LogP contribution in [-0.4, -0.2) is 6.54 Å². The van der Waals surface area contributed by atoms with Crippen LogP contribution in [0.2, 0.25) is 10.0 Å². The fourth-order valence-corrected chi connectivity index (χ4v) is 2.45. The summed E-state index contributed by atoms with van der Waals surface area (Å²) in [5.74, 6) is -0.491. The summed E-state index contributed by atoms with van der Waals surface area (Å²) >= 11 is 11.9. The highest BCUT2D eigenvalue weighted by atomic mass is 35.5. The predicted molar refractivity (Wildman–Crippen MR) is 83.0 cm³/mol. The topological polar surface area (TPSA) is 35.8 Å². The molecule has 0 fully saturated rings. The van der Waals surface area contributed by atoms with Gasteiger partial charge >= 0.3 is 0 Å². The highest BCUT2D eigenvalue weighted by Crippen LogP contribution is 2.21. The second-order valence-corrected chi connectivity index (χ2v) is 5.43. The lowest BCUT2D eigenvalue weighted by Crippen LogP contribution is -2.17. The van der Waals surface area contributed by atoms with Crippen molar-refractivity contribution >= 4 is 23.2 Å². The van der Waals surface area contributed by atoms with Crippen LogP contribution in [-0.2, 0) is 13.0 Å². The van der Waals surface area contributed by atoms with Gasteiger partial charge in [0.25, 0.3) is 0 Å². The van der Waals surface area contributed by atoms with Crippen LogP contribution in [0.15, 0.2) is 36.4 Å². The van der Waals surface area contributed by atoms with Crippen molar-refractivity contribution in [3.8, 4) is 6.07 Å². The van der Waals surface area contributed by atoms with Gasteiger partial charge in [-0.05, 0) is 48.4 Å². The molecule has 0 unspecified atom stereocenters. The summed E-state index contributed by atoms with van der Waals surface area (Å²) < 4.78 is 13.2. The molecule has 0 aromatic heterocycles. The zero-order chi connectivity index (χ0) is 15.2.